The van der Waals surface area contributed by atoms with Crippen molar-refractivity contribution in [3.05, 3.63) is 89.2 Å². The van der Waals surface area contributed by atoms with Gasteiger partial charge in [0.05, 0.1) is 0 Å². The van der Waals surface area contributed by atoms with Crippen molar-refractivity contribution in [3.63, 3.8) is 0 Å². The SMILES string of the molecule is O=C(OCC(=O)N1Cc2ccccc2C(c2ccccc2)C1)c1ccn[nH]1. The van der Waals surface area contributed by atoms with E-state index in [2.05, 4.69) is 28.4 Å². The highest BCUT2D eigenvalue weighted by atomic mass is 16.5. The minimum Gasteiger partial charge on any atom is -0.451 e. The molecule has 1 aliphatic heterocycles. The van der Waals surface area contributed by atoms with Crippen LogP contribution in [-0.4, -0.2) is 40.1 Å². The van der Waals surface area contributed by atoms with E-state index in [0.717, 1.165) is 11.1 Å². The van der Waals surface area contributed by atoms with Crippen molar-refractivity contribution in [2.45, 2.75) is 12.5 Å². The maximum atomic E-state index is 12.7. The fourth-order valence-electron chi connectivity index (χ4n) is 3.43. The quantitative estimate of drug-likeness (QED) is 0.725. The van der Waals surface area contributed by atoms with Gasteiger partial charge in [0.2, 0.25) is 0 Å². The highest BCUT2D eigenvalue weighted by molar-refractivity contribution is 5.89. The lowest BCUT2D eigenvalue weighted by Crippen LogP contribution is -2.40. The first-order valence-electron chi connectivity index (χ1n) is 8.79. The van der Waals surface area contributed by atoms with Crippen LogP contribution in [0.4, 0.5) is 0 Å². The molecule has 0 fully saturated rings. The molecule has 0 aliphatic carbocycles. The van der Waals surface area contributed by atoms with Crippen molar-refractivity contribution < 1.29 is 14.3 Å². The van der Waals surface area contributed by atoms with E-state index >= 15 is 0 Å². The summed E-state index contributed by atoms with van der Waals surface area (Å²) in [6.45, 7) is 0.781. The van der Waals surface area contributed by atoms with E-state index in [4.69, 9.17) is 4.74 Å². The minimum absolute atomic E-state index is 0.100. The Kier molecular flexibility index (Phi) is 4.70. The maximum Gasteiger partial charge on any atom is 0.356 e. The summed E-state index contributed by atoms with van der Waals surface area (Å²) < 4.78 is 5.13. The molecule has 1 aromatic heterocycles. The van der Waals surface area contributed by atoms with Crippen molar-refractivity contribution in [1.82, 2.24) is 15.1 Å². The van der Waals surface area contributed by atoms with Crippen molar-refractivity contribution in [3.8, 4) is 0 Å². The van der Waals surface area contributed by atoms with Crippen LogP contribution in [0.25, 0.3) is 0 Å². The molecule has 0 radical (unpaired) electrons. The number of amides is 1. The summed E-state index contributed by atoms with van der Waals surface area (Å²) in [4.78, 5) is 26.3. The lowest BCUT2D eigenvalue weighted by Gasteiger charge is -2.35. The summed E-state index contributed by atoms with van der Waals surface area (Å²) in [6, 6.07) is 19.8. The van der Waals surface area contributed by atoms with Crippen LogP contribution in [-0.2, 0) is 16.1 Å². The van der Waals surface area contributed by atoms with E-state index in [-0.39, 0.29) is 24.1 Å². The molecule has 3 aromatic rings. The Balaban J connectivity index is 1.50. The number of nitrogens with zero attached hydrogens (tertiary/aromatic N) is 2. The second kappa shape index (κ2) is 7.45. The third-order valence-electron chi connectivity index (χ3n) is 4.80. The topological polar surface area (TPSA) is 75.3 Å². The van der Waals surface area contributed by atoms with Crippen molar-refractivity contribution in [1.29, 1.82) is 0 Å². The second-order valence-electron chi connectivity index (χ2n) is 6.48. The van der Waals surface area contributed by atoms with E-state index in [1.54, 1.807) is 4.90 Å². The number of fused-ring (bicyclic) bond motifs is 1. The van der Waals surface area contributed by atoms with Crippen LogP contribution < -0.4 is 0 Å². The fourth-order valence-corrected chi connectivity index (χ4v) is 3.43. The van der Waals surface area contributed by atoms with Gasteiger partial charge >= 0.3 is 5.97 Å². The van der Waals surface area contributed by atoms with Crippen molar-refractivity contribution in [2.24, 2.45) is 0 Å². The molecule has 1 amide bonds. The molecular weight excluding hydrogens is 342 g/mol. The zero-order valence-corrected chi connectivity index (χ0v) is 14.7. The molecule has 27 heavy (non-hydrogen) atoms. The fraction of sp³-hybridized carbons (Fsp3) is 0.190. The van der Waals surface area contributed by atoms with Crippen LogP contribution in [0.5, 0.6) is 0 Å². The molecule has 0 bridgehead atoms. The first-order valence-corrected chi connectivity index (χ1v) is 8.79. The predicted octanol–water partition coefficient (Wildman–Crippen LogP) is 2.74. The second-order valence-corrected chi connectivity index (χ2v) is 6.48. The molecule has 0 saturated heterocycles. The number of ether oxygens (including phenoxy) is 1. The van der Waals surface area contributed by atoms with E-state index in [9.17, 15) is 9.59 Å². The summed E-state index contributed by atoms with van der Waals surface area (Å²) in [7, 11) is 0. The number of hydrogen-bond acceptors (Lipinski definition) is 4. The van der Waals surface area contributed by atoms with E-state index in [1.807, 2.05) is 36.4 Å². The van der Waals surface area contributed by atoms with E-state index in [1.165, 1.54) is 17.8 Å². The molecule has 6 heteroatoms. The average molecular weight is 361 g/mol. The molecule has 4 rings (SSSR count). The molecule has 1 aliphatic rings. The van der Waals surface area contributed by atoms with Crippen LogP contribution in [0, 0.1) is 0 Å². The van der Waals surface area contributed by atoms with Crippen LogP contribution >= 0.6 is 0 Å². The van der Waals surface area contributed by atoms with Gasteiger partial charge in [-0.15, -0.1) is 0 Å². The van der Waals surface area contributed by atoms with Crippen LogP contribution in [0.1, 0.15) is 33.1 Å². The standard InChI is InChI=1S/C21H19N3O3/c25-20(14-27-21(26)19-10-11-22-23-19)24-12-16-8-4-5-9-17(16)18(13-24)15-6-2-1-3-7-15/h1-11,18H,12-14H2,(H,22,23). The Morgan fingerprint density at radius 2 is 1.85 bits per heavy atom. The first-order chi connectivity index (χ1) is 13.2. The highest BCUT2D eigenvalue weighted by Crippen LogP contribution is 2.33. The van der Waals surface area contributed by atoms with Gasteiger partial charge in [-0.1, -0.05) is 54.6 Å². The van der Waals surface area contributed by atoms with Gasteiger partial charge in [-0.3, -0.25) is 9.89 Å². The van der Waals surface area contributed by atoms with Crippen LogP contribution in [0.2, 0.25) is 0 Å². The molecule has 136 valence electrons. The van der Waals surface area contributed by atoms with Gasteiger partial charge in [-0.25, -0.2) is 4.79 Å². The van der Waals surface area contributed by atoms with Gasteiger partial charge in [-0.2, -0.15) is 5.10 Å². The third-order valence-corrected chi connectivity index (χ3v) is 4.80. The molecule has 2 aromatic carbocycles. The Labute approximate surface area is 156 Å². The zero-order valence-electron chi connectivity index (χ0n) is 14.7. The van der Waals surface area contributed by atoms with Gasteiger partial charge in [0.15, 0.2) is 6.61 Å². The highest BCUT2D eigenvalue weighted by Gasteiger charge is 2.29. The predicted molar refractivity (Wildman–Crippen MR) is 99.0 cm³/mol. The van der Waals surface area contributed by atoms with Crippen LogP contribution in [0.3, 0.4) is 0 Å². The number of aromatic nitrogens is 2. The van der Waals surface area contributed by atoms with Crippen LogP contribution in [0.15, 0.2) is 66.9 Å². The summed E-state index contributed by atoms with van der Waals surface area (Å²) >= 11 is 0. The van der Waals surface area contributed by atoms with Crippen molar-refractivity contribution >= 4 is 11.9 Å². The molecule has 0 spiro atoms. The first kappa shape index (κ1) is 17.0. The van der Waals surface area contributed by atoms with Gasteiger partial charge < -0.3 is 9.64 Å². The Morgan fingerprint density at radius 1 is 1.07 bits per heavy atom. The van der Waals surface area contributed by atoms with E-state index in [0.29, 0.717) is 13.1 Å². The lowest BCUT2D eigenvalue weighted by atomic mass is 9.84. The third kappa shape index (κ3) is 3.60. The molecule has 6 nitrogen and oxygen atoms in total. The minimum atomic E-state index is -0.585. The number of aromatic amines is 1. The van der Waals surface area contributed by atoms with Gasteiger partial charge in [0.1, 0.15) is 5.69 Å². The molecule has 0 saturated carbocycles. The normalized spacial score (nSPS) is 15.9. The van der Waals surface area contributed by atoms with Gasteiger partial charge in [0.25, 0.3) is 5.91 Å². The number of carbonyl (C=O) groups excluding carboxylic acids is 2. The van der Waals surface area contributed by atoms with Crippen molar-refractivity contribution in [2.75, 3.05) is 13.2 Å². The smallest absolute Gasteiger partial charge is 0.356 e. The lowest BCUT2D eigenvalue weighted by molar-refractivity contribution is -0.135. The van der Waals surface area contributed by atoms with Gasteiger partial charge in [-0.05, 0) is 22.8 Å². The molecular formula is C21H19N3O3. The molecule has 1 unspecified atom stereocenters. The number of benzene rings is 2. The number of esters is 1. The largest absolute Gasteiger partial charge is 0.451 e. The number of hydrogen-bond donors (Lipinski definition) is 1. The van der Waals surface area contributed by atoms with E-state index < -0.39 is 5.97 Å². The monoisotopic (exact) mass is 361 g/mol. The summed E-state index contributed by atoms with van der Waals surface area (Å²) in [5, 5.41) is 6.24. The molecule has 1 atom stereocenters. The Hall–Kier alpha value is -3.41. The number of H-pyrrole nitrogens is 1. The zero-order chi connectivity index (χ0) is 18.6. The number of carbonyl (C=O) groups is 2. The summed E-state index contributed by atoms with van der Waals surface area (Å²) in [5.41, 5.74) is 3.75. The molecule has 2 heterocycles. The maximum absolute atomic E-state index is 12.7. The average Bonchev–Trinajstić information content (AvgIpc) is 3.26. The summed E-state index contributed by atoms with van der Waals surface area (Å²) in [5.74, 6) is -0.695. The Bertz CT molecular complexity index is 938. The van der Waals surface area contributed by atoms with Gasteiger partial charge in [0, 0.05) is 25.2 Å². The summed E-state index contributed by atoms with van der Waals surface area (Å²) in [6.07, 6.45) is 1.46. The molecule has 1 N–H and O–H groups in total. The Morgan fingerprint density at radius 3 is 2.63 bits per heavy atom. The number of nitrogens with one attached hydrogen (secondary N) is 1. The number of rotatable bonds is 4.